The fourth-order valence-electron chi connectivity index (χ4n) is 2.09. The molecule has 0 saturated heterocycles. The highest BCUT2D eigenvalue weighted by molar-refractivity contribution is 6.42. The van der Waals surface area contributed by atoms with Gasteiger partial charge in [-0.3, -0.25) is 10.4 Å². The summed E-state index contributed by atoms with van der Waals surface area (Å²) in [4.78, 5) is 11.9. The molecule has 0 atom stereocenters. The van der Waals surface area contributed by atoms with E-state index in [0.717, 1.165) is 31.9 Å². The van der Waals surface area contributed by atoms with Crippen molar-refractivity contribution in [2.75, 3.05) is 0 Å². The molecule has 1 rings (SSSR count). The van der Waals surface area contributed by atoms with Crippen molar-refractivity contribution in [1.82, 2.24) is 10.4 Å². The number of hydrazine groups is 1. The summed E-state index contributed by atoms with van der Waals surface area (Å²) >= 11 is 5.88. The van der Waals surface area contributed by atoms with Crippen molar-refractivity contribution in [1.29, 1.82) is 5.41 Å². The summed E-state index contributed by atoms with van der Waals surface area (Å²) in [5, 5.41) is 9.56. The maximum Gasteiger partial charge on any atom is 0.426 e. The highest BCUT2D eigenvalue weighted by Gasteiger charge is 2.29. The van der Waals surface area contributed by atoms with E-state index in [1.54, 1.807) is 20.8 Å². The molecule has 0 bridgehead atoms. The van der Waals surface area contributed by atoms with Gasteiger partial charge in [0.25, 0.3) is 0 Å². The molecule has 1 saturated carbocycles. The first kappa shape index (κ1) is 16.6. The molecule has 0 aromatic heterocycles. The Morgan fingerprint density at radius 1 is 1.45 bits per heavy atom. The smallest absolute Gasteiger partial charge is 0.426 e. The number of amidine groups is 1. The molecular formula is C13H23ClN4O2. The van der Waals surface area contributed by atoms with Crippen molar-refractivity contribution in [3.8, 4) is 0 Å². The zero-order valence-electron chi connectivity index (χ0n) is 12.2. The summed E-state index contributed by atoms with van der Waals surface area (Å²) in [5.74, 6) is -0.0214. The molecule has 1 aliphatic rings. The minimum Gasteiger partial charge on any atom is -0.443 e. The molecule has 1 amide bonds. The molecule has 114 valence electrons. The largest absolute Gasteiger partial charge is 0.443 e. The lowest BCUT2D eigenvalue weighted by molar-refractivity contribution is 0.0377. The highest BCUT2D eigenvalue weighted by atomic mass is 35.5. The standard InChI is InChI=1S/C13H23ClN4O2/c1-13(2,3)20-12(19)17-18(9-6-4-5-7-9)11(16)10(14)8-15/h8-9,16H,4-7,15H2,1-3H3,(H,17,19)/b10-8+,16-11?. The minimum atomic E-state index is -0.601. The van der Waals surface area contributed by atoms with Crippen molar-refractivity contribution in [3.05, 3.63) is 11.2 Å². The van der Waals surface area contributed by atoms with Gasteiger partial charge in [0.15, 0.2) is 5.84 Å². The van der Waals surface area contributed by atoms with Crippen molar-refractivity contribution < 1.29 is 9.53 Å². The van der Waals surface area contributed by atoms with Crippen LogP contribution in [0.1, 0.15) is 46.5 Å². The lowest BCUT2D eigenvalue weighted by Crippen LogP contribution is -2.52. The zero-order valence-corrected chi connectivity index (χ0v) is 13.0. The molecule has 0 spiro atoms. The van der Waals surface area contributed by atoms with Crippen molar-refractivity contribution in [2.45, 2.75) is 58.1 Å². The van der Waals surface area contributed by atoms with E-state index in [4.69, 9.17) is 27.5 Å². The number of amides is 1. The van der Waals surface area contributed by atoms with Gasteiger partial charge in [-0.2, -0.15) is 0 Å². The Morgan fingerprint density at radius 2 is 2.00 bits per heavy atom. The number of carbonyl (C=O) groups excluding carboxylic acids is 1. The van der Waals surface area contributed by atoms with Gasteiger partial charge in [-0.05, 0) is 33.6 Å². The van der Waals surface area contributed by atoms with Crippen LogP contribution in [-0.2, 0) is 4.74 Å². The molecule has 7 heteroatoms. The third-order valence-electron chi connectivity index (χ3n) is 2.91. The van der Waals surface area contributed by atoms with Gasteiger partial charge >= 0.3 is 6.09 Å². The van der Waals surface area contributed by atoms with Crippen LogP contribution >= 0.6 is 11.6 Å². The predicted molar refractivity (Wildman–Crippen MR) is 79.3 cm³/mol. The maximum absolute atomic E-state index is 11.9. The molecule has 0 unspecified atom stereocenters. The summed E-state index contributed by atoms with van der Waals surface area (Å²) in [5.41, 5.74) is 7.34. The Kier molecular flexibility index (Phi) is 5.68. The maximum atomic E-state index is 11.9. The number of nitrogens with zero attached hydrogens (tertiary/aromatic N) is 1. The van der Waals surface area contributed by atoms with Crippen LogP contribution in [0.25, 0.3) is 0 Å². The van der Waals surface area contributed by atoms with Gasteiger partial charge in [-0.25, -0.2) is 10.2 Å². The molecule has 1 aliphatic carbocycles. The lowest BCUT2D eigenvalue weighted by Gasteiger charge is -2.32. The summed E-state index contributed by atoms with van der Waals surface area (Å²) in [6, 6.07) is 0.0451. The third kappa shape index (κ3) is 4.92. The van der Waals surface area contributed by atoms with E-state index in [-0.39, 0.29) is 16.9 Å². The van der Waals surface area contributed by atoms with E-state index in [9.17, 15) is 4.79 Å². The number of hydrogen-bond donors (Lipinski definition) is 3. The number of halogens is 1. The Bertz CT molecular complexity index is 398. The molecule has 0 aromatic carbocycles. The Morgan fingerprint density at radius 3 is 2.45 bits per heavy atom. The summed E-state index contributed by atoms with van der Waals surface area (Å²) in [6.45, 7) is 5.35. The average Bonchev–Trinajstić information content (AvgIpc) is 2.85. The molecule has 0 radical (unpaired) electrons. The Labute approximate surface area is 124 Å². The second kappa shape index (κ2) is 6.83. The van der Waals surface area contributed by atoms with Gasteiger partial charge in [0, 0.05) is 6.20 Å². The fourth-order valence-corrected chi connectivity index (χ4v) is 2.18. The fraction of sp³-hybridized carbons (Fsp3) is 0.692. The van der Waals surface area contributed by atoms with Crippen molar-refractivity contribution in [2.24, 2.45) is 5.73 Å². The monoisotopic (exact) mass is 302 g/mol. The summed E-state index contributed by atoms with van der Waals surface area (Å²) < 4.78 is 5.21. The van der Waals surface area contributed by atoms with E-state index in [1.165, 1.54) is 5.01 Å². The lowest BCUT2D eigenvalue weighted by atomic mass is 10.2. The first-order valence-electron chi connectivity index (χ1n) is 6.70. The van der Waals surface area contributed by atoms with Crippen LogP contribution in [0.15, 0.2) is 11.2 Å². The summed E-state index contributed by atoms with van der Waals surface area (Å²) in [6.07, 6.45) is 4.46. The minimum absolute atomic E-state index is 0.0214. The average molecular weight is 303 g/mol. The number of carbonyl (C=O) groups is 1. The molecule has 6 nitrogen and oxygen atoms in total. The van der Waals surface area contributed by atoms with Crippen LogP contribution in [0.2, 0.25) is 0 Å². The quantitative estimate of drug-likeness (QED) is 0.415. The van der Waals surface area contributed by atoms with Crippen LogP contribution in [0, 0.1) is 5.41 Å². The molecule has 4 N–H and O–H groups in total. The predicted octanol–water partition coefficient (Wildman–Crippen LogP) is 2.69. The molecule has 0 aliphatic heterocycles. The number of nitrogens with one attached hydrogen (secondary N) is 2. The molecular weight excluding hydrogens is 280 g/mol. The van der Waals surface area contributed by atoms with E-state index >= 15 is 0 Å². The first-order chi connectivity index (χ1) is 9.24. The Hall–Kier alpha value is -1.43. The first-order valence-corrected chi connectivity index (χ1v) is 7.07. The van der Waals surface area contributed by atoms with Gasteiger partial charge < -0.3 is 10.5 Å². The SMILES string of the molecule is CC(C)(C)OC(=O)NN(C(=N)/C(Cl)=C\N)C1CCCC1. The van der Waals surface area contributed by atoms with Crippen LogP contribution in [-0.4, -0.2) is 28.6 Å². The van der Waals surface area contributed by atoms with E-state index in [2.05, 4.69) is 5.43 Å². The van der Waals surface area contributed by atoms with Crippen LogP contribution in [0.3, 0.4) is 0 Å². The highest BCUT2D eigenvalue weighted by Crippen LogP contribution is 2.24. The number of nitrogens with two attached hydrogens (primary N) is 1. The van der Waals surface area contributed by atoms with Crippen LogP contribution in [0.5, 0.6) is 0 Å². The van der Waals surface area contributed by atoms with Crippen molar-refractivity contribution >= 4 is 23.5 Å². The number of ether oxygens (including phenoxy) is 1. The third-order valence-corrected chi connectivity index (χ3v) is 3.22. The van der Waals surface area contributed by atoms with Gasteiger partial charge in [-0.1, -0.05) is 24.4 Å². The van der Waals surface area contributed by atoms with Gasteiger partial charge in [0.1, 0.15) is 5.60 Å². The van der Waals surface area contributed by atoms with Crippen LogP contribution in [0.4, 0.5) is 4.79 Å². The molecule has 1 fully saturated rings. The van der Waals surface area contributed by atoms with Crippen LogP contribution < -0.4 is 11.2 Å². The summed E-state index contributed by atoms with van der Waals surface area (Å²) in [7, 11) is 0. The van der Waals surface area contributed by atoms with Gasteiger partial charge in [-0.15, -0.1) is 0 Å². The van der Waals surface area contributed by atoms with E-state index in [1.807, 2.05) is 0 Å². The Balaban J connectivity index is 2.78. The van der Waals surface area contributed by atoms with Gasteiger partial charge in [0.05, 0.1) is 11.1 Å². The molecule has 0 heterocycles. The second-order valence-corrected chi connectivity index (χ2v) is 6.19. The van der Waals surface area contributed by atoms with Crippen molar-refractivity contribution in [3.63, 3.8) is 0 Å². The second-order valence-electron chi connectivity index (χ2n) is 5.79. The number of rotatable bonds is 2. The topological polar surface area (TPSA) is 91.4 Å². The molecule has 20 heavy (non-hydrogen) atoms. The van der Waals surface area contributed by atoms with Gasteiger partial charge in [0.2, 0.25) is 0 Å². The normalized spacial score (nSPS) is 16.9. The molecule has 0 aromatic rings. The number of hydrogen-bond acceptors (Lipinski definition) is 4. The van der Waals surface area contributed by atoms with E-state index < -0.39 is 11.7 Å². The van der Waals surface area contributed by atoms with E-state index in [0.29, 0.717) is 0 Å². The zero-order chi connectivity index (χ0) is 15.3.